The number of hydrogen-bond acceptors (Lipinski definition) is 3. The third-order valence-corrected chi connectivity index (χ3v) is 3.96. The van der Waals surface area contributed by atoms with Crippen molar-refractivity contribution in [2.24, 2.45) is 4.99 Å². The van der Waals surface area contributed by atoms with Gasteiger partial charge in [-0.3, -0.25) is 4.79 Å². The van der Waals surface area contributed by atoms with Crippen LogP contribution >= 0.6 is 11.6 Å². The second-order valence-corrected chi connectivity index (χ2v) is 6.17. The van der Waals surface area contributed by atoms with Crippen LogP contribution in [0.4, 0.5) is 0 Å². The molecule has 2 rings (SSSR count). The molecular weight excluding hydrogens is 364 g/mol. The first-order chi connectivity index (χ1) is 13.1. The fourth-order valence-corrected chi connectivity index (χ4v) is 2.45. The fraction of sp³-hybridized carbons (Fsp3) is 0.300. The molecule has 27 heavy (non-hydrogen) atoms. The molecule has 6 nitrogen and oxygen atoms in total. The number of ether oxygens (including phenoxy) is 1. The summed E-state index contributed by atoms with van der Waals surface area (Å²) in [6.07, 6.45) is 0. The van der Waals surface area contributed by atoms with E-state index in [1.807, 2.05) is 31.2 Å². The number of amides is 1. The van der Waals surface area contributed by atoms with Crippen LogP contribution in [-0.4, -0.2) is 38.6 Å². The van der Waals surface area contributed by atoms with Crippen LogP contribution in [0.15, 0.2) is 53.5 Å². The first-order valence-electron chi connectivity index (χ1n) is 8.81. The van der Waals surface area contributed by atoms with Crippen molar-refractivity contribution in [2.75, 3.05) is 26.7 Å². The van der Waals surface area contributed by atoms with Gasteiger partial charge in [0.05, 0.1) is 13.7 Å². The van der Waals surface area contributed by atoms with E-state index in [1.165, 1.54) is 0 Å². The number of aliphatic imine (C=N–C) groups is 1. The molecule has 0 aliphatic rings. The maximum absolute atomic E-state index is 12.2. The SMILES string of the molecule is CCNC(=NCc1ccc(Cl)cc1)NCCNC(=O)c1cccc(OC)c1. The fourth-order valence-electron chi connectivity index (χ4n) is 2.33. The molecule has 3 N–H and O–H groups in total. The molecule has 2 aromatic rings. The number of benzene rings is 2. The second-order valence-electron chi connectivity index (χ2n) is 5.74. The quantitative estimate of drug-likeness (QED) is 0.369. The third-order valence-electron chi connectivity index (χ3n) is 3.71. The van der Waals surface area contributed by atoms with Crippen LogP contribution in [0, 0.1) is 0 Å². The van der Waals surface area contributed by atoms with Gasteiger partial charge in [-0.1, -0.05) is 29.8 Å². The van der Waals surface area contributed by atoms with Crippen molar-refractivity contribution in [3.8, 4) is 5.75 Å². The Kier molecular flexibility index (Phi) is 8.45. The van der Waals surface area contributed by atoms with Gasteiger partial charge in [-0.05, 0) is 42.8 Å². The van der Waals surface area contributed by atoms with E-state index in [0.717, 1.165) is 12.1 Å². The average Bonchev–Trinajstić information content (AvgIpc) is 2.70. The molecule has 0 unspecified atom stereocenters. The zero-order valence-corrected chi connectivity index (χ0v) is 16.3. The topological polar surface area (TPSA) is 74.8 Å². The number of carbonyl (C=O) groups excluding carboxylic acids is 1. The molecular formula is C20H25ClN4O2. The van der Waals surface area contributed by atoms with Crippen molar-refractivity contribution in [2.45, 2.75) is 13.5 Å². The Hall–Kier alpha value is -2.73. The van der Waals surface area contributed by atoms with Crippen LogP contribution in [0.25, 0.3) is 0 Å². The summed E-state index contributed by atoms with van der Waals surface area (Å²) in [4.78, 5) is 16.7. The molecule has 0 atom stereocenters. The second kappa shape index (κ2) is 11.1. The predicted octanol–water partition coefficient (Wildman–Crippen LogP) is 2.83. The molecule has 0 saturated carbocycles. The lowest BCUT2D eigenvalue weighted by molar-refractivity contribution is 0.0954. The molecule has 7 heteroatoms. The summed E-state index contributed by atoms with van der Waals surface area (Å²) < 4.78 is 5.14. The minimum atomic E-state index is -0.140. The highest BCUT2D eigenvalue weighted by atomic mass is 35.5. The highest BCUT2D eigenvalue weighted by Gasteiger charge is 2.06. The van der Waals surface area contributed by atoms with Crippen molar-refractivity contribution in [3.63, 3.8) is 0 Å². The predicted molar refractivity (Wildman–Crippen MR) is 110 cm³/mol. The molecule has 1 amide bonds. The van der Waals surface area contributed by atoms with Crippen LogP contribution < -0.4 is 20.7 Å². The molecule has 0 bridgehead atoms. The number of halogens is 1. The zero-order chi connectivity index (χ0) is 19.5. The number of methoxy groups -OCH3 is 1. The maximum Gasteiger partial charge on any atom is 0.251 e. The number of nitrogens with one attached hydrogen (secondary N) is 3. The number of carbonyl (C=O) groups is 1. The minimum absolute atomic E-state index is 0.140. The van der Waals surface area contributed by atoms with Crippen molar-refractivity contribution >= 4 is 23.5 Å². The number of hydrogen-bond donors (Lipinski definition) is 3. The van der Waals surface area contributed by atoms with Crippen molar-refractivity contribution in [1.82, 2.24) is 16.0 Å². The number of guanidine groups is 1. The molecule has 0 heterocycles. The Bertz CT molecular complexity index is 763. The summed E-state index contributed by atoms with van der Waals surface area (Å²) >= 11 is 5.89. The Morgan fingerprint density at radius 2 is 1.81 bits per heavy atom. The van der Waals surface area contributed by atoms with Gasteiger partial charge in [-0.25, -0.2) is 4.99 Å². The van der Waals surface area contributed by atoms with E-state index in [9.17, 15) is 4.79 Å². The molecule has 0 saturated heterocycles. The monoisotopic (exact) mass is 388 g/mol. The van der Waals surface area contributed by atoms with Crippen molar-refractivity contribution < 1.29 is 9.53 Å². The van der Waals surface area contributed by atoms with Crippen LogP contribution in [0.3, 0.4) is 0 Å². The summed E-state index contributed by atoms with van der Waals surface area (Å²) in [7, 11) is 1.58. The van der Waals surface area contributed by atoms with Gasteiger partial charge in [-0.15, -0.1) is 0 Å². The van der Waals surface area contributed by atoms with E-state index >= 15 is 0 Å². The molecule has 2 aromatic carbocycles. The van der Waals surface area contributed by atoms with E-state index in [2.05, 4.69) is 20.9 Å². The van der Waals surface area contributed by atoms with Crippen LogP contribution in [0.1, 0.15) is 22.8 Å². The van der Waals surface area contributed by atoms with Gasteiger partial charge in [0.25, 0.3) is 5.91 Å². The summed E-state index contributed by atoms with van der Waals surface area (Å²) in [5, 5.41) is 9.97. The lowest BCUT2D eigenvalue weighted by Gasteiger charge is -2.12. The minimum Gasteiger partial charge on any atom is -0.497 e. The van der Waals surface area contributed by atoms with Gasteiger partial charge in [0.15, 0.2) is 5.96 Å². The molecule has 0 aliphatic heterocycles. The molecule has 0 fully saturated rings. The zero-order valence-electron chi connectivity index (χ0n) is 15.6. The number of rotatable bonds is 8. The van der Waals surface area contributed by atoms with Gasteiger partial charge < -0.3 is 20.7 Å². The van der Waals surface area contributed by atoms with Crippen LogP contribution in [0.2, 0.25) is 5.02 Å². The average molecular weight is 389 g/mol. The summed E-state index contributed by atoms with van der Waals surface area (Å²) in [6, 6.07) is 14.6. The smallest absolute Gasteiger partial charge is 0.251 e. The lowest BCUT2D eigenvalue weighted by Crippen LogP contribution is -2.41. The van der Waals surface area contributed by atoms with E-state index in [0.29, 0.717) is 41.9 Å². The Labute approximate surface area is 165 Å². The van der Waals surface area contributed by atoms with Gasteiger partial charge in [0.1, 0.15) is 5.75 Å². The normalized spacial score (nSPS) is 11.0. The summed E-state index contributed by atoms with van der Waals surface area (Å²) in [5.41, 5.74) is 1.64. The lowest BCUT2D eigenvalue weighted by atomic mass is 10.2. The highest BCUT2D eigenvalue weighted by molar-refractivity contribution is 6.30. The highest BCUT2D eigenvalue weighted by Crippen LogP contribution is 2.12. The first-order valence-corrected chi connectivity index (χ1v) is 9.19. The standard InChI is InChI=1S/C20H25ClN4O2/c1-3-22-20(25-14-15-7-9-17(21)10-8-15)24-12-11-23-19(26)16-5-4-6-18(13-16)27-2/h4-10,13H,3,11-12,14H2,1-2H3,(H,23,26)(H2,22,24,25). The van der Waals surface area contributed by atoms with E-state index in [-0.39, 0.29) is 5.91 Å². The molecule has 0 radical (unpaired) electrons. The first kappa shape index (κ1) is 20.6. The van der Waals surface area contributed by atoms with Gasteiger partial charge >= 0.3 is 0 Å². The maximum atomic E-state index is 12.2. The van der Waals surface area contributed by atoms with Gasteiger partial charge in [0.2, 0.25) is 0 Å². The largest absolute Gasteiger partial charge is 0.497 e. The molecule has 0 aliphatic carbocycles. The van der Waals surface area contributed by atoms with E-state index < -0.39 is 0 Å². The van der Waals surface area contributed by atoms with Gasteiger partial charge in [0, 0.05) is 30.2 Å². The van der Waals surface area contributed by atoms with Crippen molar-refractivity contribution in [1.29, 1.82) is 0 Å². The molecule has 144 valence electrons. The van der Waals surface area contributed by atoms with E-state index in [4.69, 9.17) is 16.3 Å². The Morgan fingerprint density at radius 1 is 1.07 bits per heavy atom. The van der Waals surface area contributed by atoms with Crippen molar-refractivity contribution in [3.05, 3.63) is 64.7 Å². The summed E-state index contributed by atoms with van der Waals surface area (Å²) in [6.45, 7) is 4.33. The number of nitrogens with zero attached hydrogens (tertiary/aromatic N) is 1. The Balaban J connectivity index is 1.80. The molecule has 0 aromatic heterocycles. The van der Waals surface area contributed by atoms with Gasteiger partial charge in [-0.2, -0.15) is 0 Å². The van der Waals surface area contributed by atoms with E-state index in [1.54, 1.807) is 31.4 Å². The molecule has 0 spiro atoms. The Morgan fingerprint density at radius 3 is 2.52 bits per heavy atom. The third kappa shape index (κ3) is 7.19. The van der Waals surface area contributed by atoms with Crippen LogP contribution in [-0.2, 0) is 6.54 Å². The van der Waals surface area contributed by atoms with Crippen LogP contribution in [0.5, 0.6) is 5.75 Å². The summed E-state index contributed by atoms with van der Waals surface area (Å²) in [5.74, 6) is 1.21.